The molecular weight excluding hydrogens is 162 g/mol. The van der Waals surface area contributed by atoms with Crippen molar-refractivity contribution in [1.29, 1.82) is 0 Å². The van der Waals surface area contributed by atoms with Gasteiger partial charge in [0.1, 0.15) is 0 Å². The summed E-state index contributed by atoms with van der Waals surface area (Å²) in [4.78, 5) is 2.25. The average molecular weight is 177 g/mol. The molecule has 0 spiro atoms. The lowest BCUT2D eigenvalue weighted by atomic mass is 10.2. The van der Waals surface area contributed by atoms with E-state index in [-0.39, 0.29) is 6.10 Å². The number of β-amino-alcohol motifs (C(OH)–C–C–N with tert-alkyl or cyclic N) is 1. The van der Waals surface area contributed by atoms with Gasteiger partial charge >= 0.3 is 0 Å². The molecule has 2 heteroatoms. The third kappa shape index (κ3) is 1.68. The fourth-order valence-corrected chi connectivity index (χ4v) is 1.92. The number of aliphatic hydroxyl groups excluding tert-OH is 1. The van der Waals surface area contributed by atoms with E-state index in [1.807, 2.05) is 6.92 Å². The van der Waals surface area contributed by atoms with Crippen LogP contribution in [0.2, 0.25) is 0 Å². The molecule has 2 nitrogen and oxygen atoms in total. The van der Waals surface area contributed by atoms with E-state index < -0.39 is 0 Å². The first-order valence-corrected chi connectivity index (χ1v) is 4.78. The maximum Gasteiger partial charge on any atom is 0.0687 e. The Morgan fingerprint density at radius 3 is 3.00 bits per heavy atom. The fourth-order valence-electron chi connectivity index (χ4n) is 1.92. The molecule has 13 heavy (non-hydrogen) atoms. The lowest BCUT2D eigenvalue weighted by Crippen LogP contribution is -2.29. The molecule has 0 saturated heterocycles. The van der Waals surface area contributed by atoms with Gasteiger partial charge in [0.05, 0.1) is 6.10 Å². The number of hydrogen-bond donors (Lipinski definition) is 1. The van der Waals surface area contributed by atoms with Gasteiger partial charge < -0.3 is 10.0 Å². The second-order valence-corrected chi connectivity index (χ2v) is 3.67. The minimum Gasteiger partial charge on any atom is -0.392 e. The zero-order chi connectivity index (χ0) is 9.26. The van der Waals surface area contributed by atoms with Crippen LogP contribution < -0.4 is 4.90 Å². The van der Waals surface area contributed by atoms with E-state index in [4.69, 9.17) is 0 Å². The van der Waals surface area contributed by atoms with E-state index in [0.29, 0.717) is 0 Å². The molecule has 0 unspecified atom stereocenters. The highest BCUT2D eigenvalue weighted by Crippen LogP contribution is 2.27. The molecule has 0 amide bonds. The van der Waals surface area contributed by atoms with Crippen LogP contribution >= 0.6 is 0 Å². The van der Waals surface area contributed by atoms with Gasteiger partial charge in [-0.05, 0) is 25.0 Å². The number of fused-ring (bicyclic) bond motifs is 1. The van der Waals surface area contributed by atoms with E-state index in [1.54, 1.807) is 0 Å². The molecule has 1 N–H and O–H groups in total. The van der Waals surface area contributed by atoms with Crippen molar-refractivity contribution in [2.75, 3.05) is 18.0 Å². The van der Waals surface area contributed by atoms with Gasteiger partial charge in [-0.2, -0.15) is 0 Å². The monoisotopic (exact) mass is 177 g/mol. The maximum absolute atomic E-state index is 9.30. The van der Waals surface area contributed by atoms with Crippen molar-refractivity contribution in [2.45, 2.75) is 19.4 Å². The highest BCUT2D eigenvalue weighted by Gasteiger charge is 2.18. The zero-order valence-electron chi connectivity index (χ0n) is 7.90. The first kappa shape index (κ1) is 8.57. The normalized spacial score (nSPS) is 17.2. The number of anilines is 1. The molecule has 1 aliphatic heterocycles. The van der Waals surface area contributed by atoms with Crippen molar-refractivity contribution in [3.8, 4) is 0 Å². The van der Waals surface area contributed by atoms with Crippen molar-refractivity contribution in [3.63, 3.8) is 0 Å². The summed E-state index contributed by atoms with van der Waals surface area (Å²) in [5.74, 6) is 0. The number of para-hydroxylation sites is 1. The standard InChI is InChI=1S/C11H15NO/c1-9(13)8-12-7-6-10-4-2-3-5-11(10)12/h2-5,9,13H,6-8H2,1H3/t9-/m0/s1. The molecule has 0 radical (unpaired) electrons. The summed E-state index contributed by atoms with van der Waals surface area (Å²) >= 11 is 0. The predicted octanol–water partition coefficient (Wildman–Crippen LogP) is 1.43. The molecule has 1 aromatic rings. The highest BCUT2D eigenvalue weighted by atomic mass is 16.3. The second-order valence-electron chi connectivity index (χ2n) is 3.67. The van der Waals surface area contributed by atoms with E-state index in [0.717, 1.165) is 19.5 Å². The van der Waals surface area contributed by atoms with Crippen LogP contribution in [0.3, 0.4) is 0 Å². The number of nitrogens with zero attached hydrogens (tertiary/aromatic N) is 1. The zero-order valence-corrected chi connectivity index (χ0v) is 7.90. The summed E-state index contributed by atoms with van der Waals surface area (Å²) in [5, 5.41) is 9.30. The Morgan fingerprint density at radius 2 is 2.23 bits per heavy atom. The topological polar surface area (TPSA) is 23.5 Å². The molecule has 0 bridgehead atoms. The van der Waals surface area contributed by atoms with Gasteiger partial charge in [0.25, 0.3) is 0 Å². The molecular formula is C11H15NO. The van der Waals surface area contributed by atoms with Crippen molar-refractivity contribution < 1.29 is 5.11 Å². The number of aliphatic hydroxyl groups is 1. The number of hydrogen-bond acceptors (Lipinski definition) is 2. The first-order chi connectivity index (χ1) is 6.27. The van der Waals surface area contributed by atoms with E-state index in [1.165, 1.54) is 11.3 Å². The van der Waals surface area contributed by atoms with Crippen LogP contribution in [0.5, 0.6) is 0 Å². The minimum absolute atomic E-state index is 0.244. The Labute approximate surface area is 78.8 Å². The highest BCUT2D eigenvalue weighted by molar-refractivity contribution is 5.57. The fraction of sp³-hybridized carbons (Fsp3) is 0.455. The van der Waals surface area contributed by atoms with Crippen molar-refractivity contribution >= 4 is 5.69 Å². The van der Waals surface area contributed by atoms with Crippen LogP contribution in [-0.4, -0.2) is 24.3 Å². The van der Waals surface area contributed by atoms with Crippen molar-refractivity contribution in [3.05, 3.63) is 29.8 Å². The SMILES string of the molecule is C[C@H](O)CN1CCc2ccccc21. The second kappa shape index (κ2) is 3.38. The summed E-state index contributed by atoms with van der Waals surface area (Å²) < 4.78 is 0. The Balaban J connectivity index is 2.18. The third-order valence-corrected chi connectivity index (χ3v) is 2.47. The van der Waals surface area contributed by atoms with Crippen molar-refractivity contribution in [2.24, 2.45) is 0 Å². The Kier molecular flexibility index (Phi) is 2.23. The number of benzene rings is 1. The largest absolute Gasteiger partial charge is 0.392 e. The summed E-state index contributed by atoms with van der Waals surface area (Å²) in [7, 11) is 0. The molecule has 0 fully saturated rings. The van der Waals surface area contributed by atoms with Gasteiger partial charge in [-0.25, -0.2) is 0 Å². The predicted molar refractivity (Wildman–Crippen MR) is 54.0 cm³/mol. The maximum atomic E-state index is 9.30. The van der Waals surface area contributed by atoms with Crippen LogP contribution in [0.1, 0.15) is 12.5 Å². The molecule has 1 aromatic carbocycles. The molecule has 1 atom stereocenters. The van der Waals surface area contributed by atoms with Crippen LogP contribution in [-0.2, 0) is 6.42 Å². The lowest BCUT2D eigenvalue weighted by Gasteiger charge is -2.20. The lowest BCUT2D eigenvalue weighted by molar-refractivity contribution is 0.200. The van der Waals surface area contributed by atoms with Gasteiger partial charge in [-0.1, -0.05) is 18.2 Å². The van der Waals surface area contributed by atoms with Gasteiger partial charge in [0.15, 0.2) is 0 Å². The molecule has 0 aromatic heterocycles. The molecule has 0 saturated carbocycles. The Bertz CT molecular complexity index is 296. The van der Waals surface area contributed by atoms with Crippen molar-refractivity contribution in [1.82, 2.24) is 0 Å². The first-order valence-electron chi connectivity index (χ1n) is 4.78. The summed E-state index contributed by atoms with van der Waals surface area (Å²) in [6, 6.07) is 8.42. The van der Waals surface area contributed by atoms with Crippen LogP contribution in [0, 0.1) is 0 Å². The van der Waals surface area contributed by atoms with Gasteiger partial charge in [-0.3, -0.25) is 0 Å². The van der Waals surface area contributed by atoms with E-state index in [9.17, 15) is 5.11 Å². The van der Waals surface area contributed by atoms with Crippen LogP contribution in [0.4, 0.5) is 5.69 Å². The van der Waals surface area contributed by atoms with Gasteiger partial charge in [0.2, 0.25) is 0 Å². The van der Waals surface area contributed by atoms with E-state index in [2.05, 4.69) is 29.2 Å². The van der Waals surface area contributed by atoms with E-state index >= 15 is 0 Å². The minimum atomic E-state index is -0.244. The molecule has 2 rings (SSSR count). The summed E-state index contributed by atoms with van der Waals surface area (Å²) in [6.45, 7) is 3.63. The van der Waals surface area contributed by atoms with Gasteiger partial charge in [0, 0.05) is 18.8 Å². The quantitative estimate of drug-likeness (QED) is 0.738. The number of rotatable bonds is 2. The summed E-state index contributed by atoms with van der Waals surface area (Å²) in [6.07, 6.45) is 0.870. The molecule has 1 heterocycles. The average Bonchev–Trinajstić information content (AvgIpc) is 2.48. The molecule has 70 valence electrons. The summed E-state index contributed by atoms with van der Waals surface area (Å²) in [5.41, 5.74) is 2.70. The molecule has 1 aliphatic rings. The molecule has 0 aliphatic carbocycles. The smallest absolute Gasteiger partial charge is 0.0687 e. The van der Waals surface area contributed by atoms with Crippen LogP contribution in [0.15, 0.2) is 24.3 Å². The Hall–Kier alpha value is -1.02. The van der Waals surface area contributed by atoms with Gasteiger partial charge in [-0.15, -0.1) is 0 Å². The third-order valence-electron chi connectivity index (χ3n) is 2.47. The van der Waals surface area contributed by atoms with Crippen LogP contribution in [0.25, 0.3) is 0 Å². The Morgan fingerprint density at radius 1 is 1.46 bits per heavy atom.